The van der Waals surface area contributed by atoms with Crippen LogP contribution in [-0.4, -0.2) is 37.0 Å². The van der Waals surface area contributed by atoms with Crippen molar-refractivity contribution >= 4 is 62.7 Å². The van der Waals surface area contributed by atoms with Crippen LogP contribution in [0.3, 0.4) is 0 Å². The van der Waals surface area contributed by atoms with Crippen molar-refractivity contribution < 1.29 is 23.8 Å². The number of thiocarbonyl (C=S) groups is 1. The monoisotopic (exact) mass is 465 g/mol. The lowest BCUT2D eigenvalue weighted by Crippen LogP contribution is -2.27. The Morgan fingerprint density at radius 1 is 1.06 bits per heavy atom. The Morgan fingerprint density at radius 3 is 2.59 bits per heavy atom. The molecule has 1 aliphatic rings. The predicted octanol–water partition coefficient (Wildman–Crippen LogP) is 4.81. The van der Waals surface area contributed by atoms with Crippen LogP contribution in [0, 0.1) is 0 Å². The highest BCUT2D eigenvalue weighted by Gasteiger charge is 2.34. The minimum atomic E-state index is -0.524. The Kier molecular flexibility index (Phi) is 6.43. The maximum Gasteiger partial charge on any atom is 0.343 e. The number of benzene rings is 3. The number of carbonyl (C=O) groups excluding carboxylic acids is 2. The van der Waals surface area contributed by atoms with Gasteiger partial charge < -0.3 is 14.2 Å². The lowest BCUT2D eigenvalue weighted by atomic mass is 10.1. The number of hydrogen-bond donors (Lipinski definition) is 0. The number of ether oxygens (including phenoxy) is 3. The smallest absolute Gasteiger partial charge is 0.343 e. The molecule has 6 nitrogen and oxygen atoms in total. The first kappa shape index (κ1) is 21.9. The molecule has 0 aromatic heterocycles. The molecule has 3 aromatic rings. The molecule has 0 spiro atoms. The quantitative estimate of drug-likeness (QED) is 0.294. The Labute approximate surface area is 194 Å². The van der Waals surface area contributed by atoms with E-state index in [1.165, 1.54) is 26.0 Å². The summed E-state index contributed by atoms with van der Waals surface area (Å²) in [6.07, 6.45) is 1.69. The number of thioether (sulfide) groups is 1. The van der Waals surface area contributed by atoms with E-state index in [1.54, 1.807) is 29.2 Å². The van der Waals surface area contributed by atoms with E-state index in [0.717, 1.165) is 16.5 Å². The Bertz CT molecular complexity index is 1250. The highest BCUT2D eigenvalue weighted by molar-refractivity contribution is 8.27. The van der Waals surface area contributed by atoms with Crippen molar-refractivity contribution in [3.8, 4) is 11.5 Å². The first-order valence-electron chi connectivity index (χ1n) is 9.66. The second kappa shape index (κ2) is 9.42. The van der Waals surface area contributed by atoms with Gasteiger partial charge in [0.2, 0.25) is 0 Å². The zero-order chi connectivity index (χ0) is 22.7. The van der Waals surface area contributed by atoms with Crippen LogP contribution >= 0.6 is 24.0 Å². The van der Waals surface area contributed by atoms with Crippen molar-refractivity contribution in [2.75, 3.05) is 25.7 Å². The fourth-order valence-electron chi connectivity index (χ4n) is 3.37. The number of carbonyl (C=O) groups is 2. The summed E-state index contributed by atoms with van der Waals surface area (Å²) in [5.41, 5.74) is 1.33. The number of methoxy groups -OCH3 is 2. The number of para-hydroxylation sites is 1. The third kappa shape index (κ3) is 4.19. The van der Waals surface area contributed by atoms with Crippen LogP contribution < -0.4 is 14.4 Å². The zero-order valence-corrected chi connectivity index (χ0v) is 19.0. The molecule has 8 heteroatoms. The number of fused-ring (bicyclic) bond motifs is 1. The van der Waals surface area contributed by atoms with Crippen molar-refractivity contribution in [1.29, 1.82) is 0 Å². The summed E-state index contributed by atoms with van der Waals surface area (Å²) in [5.74, 6) is 0.0326. The molecule has 0 aliphatic carbocycles. The van der Waals surface area contributed by atoms with Gasteiger partial charge in [0, 0.05) is 10.9 Å². The zero-order valence-electron chi connectivity index (χ0n) is 17.4. The highest BCUT2D eigenvalue weighted by Crippen LogP contribution is 2.41. The topological polar surface area (TPSA) is 65.1 Å². The molecule has 32 heavy (non-hydrogen) atoms. The molecule has 3 aromatic carbocycles. The van der Waals surface area contributed by atoms with Crippen LogP contribution in [-0.2, 0) is 14.3 Å². The van der Waals surface area contributed by atoms with Gasteiger partial charge in [-0.3, -0.25) is 9.69 Å². The third-order valence-corrected chi connectivity index (χ3v) is 6.18. The lowest BCUT2D eigenvalue weighted by Gasteiger charge is -2.17. The first-order chi connectivity index (χ1) is 15.5. The van der Waals surface area contributed by atoms with Gasteiger partial charge in [0.1, 0.15) is 0 Å². The van der Waals surface area contributed by atoms with Crippen molar-refractivity contribution in [1.82, 2.24) is 0 Å². The second-order valence-electron chi connectivity index (χ2n) is 6.76. The Balaban J connectivity index is 1.71. The molecule has 0 N–H and O–H groups in total. The number of hydrogen-bond acceptors (Lipinski definition) is 7. The standard InChI is InChI=1S/C24H19NO5S2/c1-28-19-12-6-9-16(22(19)30-14-21(26)29-2)13-20-23(27)25(24(31)32-20)18-11-5-8-15-7-3-4-10-17(15)18/h3-13H,14H2,1-2H3/b20-13-. The molecule has 0 saturated carbocycles. The maximum atomic E-state index is 13.3. The van der Waals surface area contributed by atoms with Crippen molar-refractivity contribution in [3.05, 3.63) is 71.1 Å². The van der Waals surface area contributed by atoms with Crippen LogP contribution in [0.25, 0.3) is 16.8 Å². The fourth-order valence-corrected chi connectivity index (χ4v) is 4.65. The van der Waals surface area contributed by atoms with Crippen LogP contribution in [0.4, 0.5) is 5.69 Å². The summed E-state index contributed by atoms with van der Waals surface area (Å²) in [5, 5.41) is 1.96. The Morgan fingerprint density at radius 2 is 1.81 bits per heavy atom. The molecule has 4 rings (SSSR count). The molecule has 0 radical (unpaired) electrons. The van der Waals surface area contributed by atoms with Gasteiger partial charge >= 0.3 is 5.97 Å². The summed E-state index contributed by atoms with van der Waals surface area (Å²) in [6.45, 7) is -0.283. The van der Waals surface area contributed by atoms with Gasteiger partial charge in [-0.1, -0.05) is 72.5 Å². The van der Waals surface area contributed by atoms with Gasteiger partial charge in [0.25, 0.3) is 5.91 Å². The van der Waals surface area contributed by atoms with E-state index in [2.05, 4.69) is 4.74 Å². The van der Waals surface area contributed by atoms with Crippen LogP contribution in [0.2, 0.25) is 0 Å². The molecule has 1 amide bonds. The SMILES string of the molecule is COC(=O)COc1c(/C=C2\SC(=S)N(c3cccc4ccccc34)C2=O)cccc1OC. The number of nitrogens with zero attached hydrogens (tertiary/aromatic N) is 1. The molecule has 162 valence electrons. The van der Waals surface area contributed by atoms with Gasteiger partial charge in [-0.25, -0.2) is 4.79 Å². The average Bonchev–Trinajstić information content (AvgIpc) is 3.09. The molecule has 1 heterocycles. The lowest BCUT2D eigenvalue weighted by molar-refractivity contribution is -0.142. The molecule has 0 bridgehead atoms. The van der Waals surface area contributed by atoms with Crippen LogP contribution in [0.15, 0.2) is 65.6 Å². The summed E-state index contributed by atoms with van der Waals surface area (Å²) in [4.78, 5) is 26.9. The highest BCUT2D eigenvalue weighted by atomic mass is 32.2. The molecular weight excluding hydrogens is 446 g/mol. The van der Waals surface area contributed by atoms with Crippen molar-refractivity contribution in [2.45, 2.75) is 0 Å². The van der Waals surface area contributed by atoms with E-state index in [9.17, 15) is 9.59 Å². The summed E-state index contributed by atoms with van der Waals surface area (Å²) in [7, 11) is 2.79. The molecule has 1 fully saturated rings. The van der Waals surface area contributed by atoms with Gasteiger partial charge in [0.15, 0.2) is 22.4 Å². The summed E-state index contributed by atoms with van der Waals surface area (Å²) < 4.78 is 16.1. The largest absolute Gasteiger partial charge is 0.493 e. The van der Waals surface area contributed by atoms with Crippen LogP contribution in [0.1, 0.15) is 5.56 Å². The Hall–Kier alpha value is -3.36. The van der Waals surface area contributed by atoms with Crippen LogP contribution in [0.5, 0.6) is 11.5 Å². The van der Waals surface area contributed by atoms with Crippen molar-refractivity contribution in [3.63, 3.8) is 0 Å². The first-order valence-corrected chi connectivity index (χ1v) is 10.9. The molecule has 0 atom stereocenters. The minimum Gasteiger partial charge on any atom is -0.493 e. The third-order valence-electron chi connectivity index (χ3n) is 4.88. The van der Waals surface area contributed by atoms with Gasteiger partial charge in [-0.05, 0) is 23.6 Å². The van der Waals surface area contributed by atoms with E-state index in [0.29, 0.717) is 26.3 Å². The number of esters is 1. The average molecular weight is 466 g/mol. The van der Waals surface area contributed by atoms with Crippen molar-refractivity contribution in [2.24, 2.45) is 0 Å². The number of anilines is 1. The fraction of sp³-hybridized carbons (Fsp3) is 0.125. The van der Waals surface area contributed by atoms with E-state index in [-0.39, 0.29) is 12.5 Å². The maximum absolute atomic E-state index is 13.3. The number of amides is 1. The van der Waals surface area contributed by atoms with Gasteiger partial charge in [-0.2, -0.15) is 0 Å². The second-order valence-corrected chi connectivity index (χ2v) is 8.43. The summed E-state index contributed by atoms with van der Waals surface area (Å²) in [6, 6.07) is 18.9. The van der Waals surface area contributed by atoms with E-state index < -0.39 is 5.97 Å². The number of rotatable bonds is 6. The van der Waals surface area contributed by atoms with E-state index >= 15 is 0 Å². The van der Waals surface area contributed by atoms with Gasteiger partial charge in [-0.15, -0.1) is 0 Å². The summed E-state index contributed by atoms with van der Waals surface area (Å²) >= 11 is 6.76. The molecule has 0 unspecified atom stereocenters. The van der Waals surface area contributed by atoms with Gasteiger partial charge in [0.05, 0.1) is 24.8 Å². The molecule has 1 aliphatic heterocycles. The van der Waals surface area contributed by atoms with E-state index in [4.69, 9.17) is 21.7 Å². The minimum absolute atomic E-state index is 0.224. The molecule has 1 saturated heterocycles. The predicted molar refractivity (Wildman–Crippen MR) is 130 cm³/mol. The van der Waals surface area contributed by atoms with E-state index in [1.807, 2.05) is 42.5 Å². The molecular formula is C24H19NO5S2. The normalized spacial score (nSPS) is 14.8.